The normalized spacial score (nSPS) is 10.5. The van der Waals surface area contributed by atoms with Crippen LogP contribution in [0.4, 0.5) is 14.6 Å². The summed E-state index contributed by atoms with van der Waals surface area (Å²) in [5.74, 6) is -2.58. The number of primary amides is 1. The number of carbonyl (C=O) groups is 1. The number of halogens is 2. The number of nitrogens with zero attached hydrogens (tertiary/aromatic N) is 3. The molecule has 3 N–H and O–H groups in total. The summed E-state index contributed by atoms with van der Waals surface area (Å²) in [5, 5.41) is 2.43. The highest BCUT2D eigenvalue weighted by molar-refractivity contribution is 5.90. The van der Waals surface area contributed by atoms with E-state index in [9.17, 15) is 13.6 Å². The molecule has 0 saturated carbocycles. The van der Waals surface area contributed by atoms with Crippen LogP contribution in [0.15, 0.2) is 12.3 Å². The Morgan fingerprint density at radius 3 is 2.68 bits per heavy atom. The van der Waals surface area contributed by atoms with Crippen LogP contribution in [0, 0.1) is 11.8 Å². The Morgan fingerprint density at radius 2 is 2.16 bits per heavy atom. The van der Waals surface area contributed by atoms with Crippen LogP contribution in [0.25, 0.3) is 11.3 Å². The van der Waals surface area contributed by atoms with Crippen molar-refractivity contribution in [2.75, 3.05) is 12.4 Å². The number of imidazole rings is 1. The van der Waals surface area contributed by atoms with Crippen LogP contribution in [0.5, 0.6) is 0 Å². The van der Waals surface area contributed by atoms with E-state index in [0.29, 0.717) is 0 Å². The van der Waals surface area contributed by atoms with E-state index in [2.05, 4.69) is 15.3 Å². The summed E-state index contributed by atoms with van der Waals surface area (Å²) >= 11 is 0. The molecule has 8 heteroatoms. The number of nitrogens with two attached hydrogens (primary N) is 1. The number of rotatable bonds is 3. The van der Waals surface area contributed by atoms with E-state index in [-0.39, 0.29) is 22.9 Å². The molecule has 6 nitrogen and oxygen atoms in total. The van der Waals surface area contributed by atoms with Crippen LogP contribution in [0.1, 0.15) is 10.6 Å². The fraction of sp³-hybridized carbons (Fsp3) is 0.182. The molecule has 0 aliphatic heterocycles. The van der Waals surface area contributed by atoms with Gasteiger partial charge in [0.05, 0.1) is 17.5 Å². The minimum absolute atomic E-state index is 0.0486. The number of hydrogen-bond donors (Lipinski definition) is 2. The Bertz CT molecular complexity index is 653. The third-order valence-electron chi connectivity index (χ3n) is 2.65. The van der Waals surface area contributed by atoms with Gasteiger partial charge in [-0.05, 0) is 6.07 Å². The molecule has 2 rings (SSSR count). The van der Waals surface area contributed by atoms with Crippen LogP contribution >= 0.6 is 0 Å². The average Bonchev–Trinajstić information content (AvgIpc) is 2.73. The molecule has 0 saturated heterocycles. The maximum Gasteiger partial charge on any atom is 0.284 e. The number of aromatic nitrogens is 3. The smallest absolute Gasteiger partial charge is 0.284 e. The third-order valence-corrected chi connectivity index (χ3v) is 2.65. The van der Waals surface area contributed by atoms with Crippen LogP contribution in [0.3, 0.4) is 0 Å². The summed E-state index contributed by atoms with van der Waals surface area (Å²) in [6, 6.07) is 0.982. The van der Waals surface area contributed by atoms with E-state index in [1.54, 1.807) is 0 Å². The molecule has 0 aliphatic rings. The molecule has 0 unspecified atom stereocenters. The van der Waals surface area contributed by atoms with Gasteiger partial charge in [-0.1, -0.05) is 0 Å². The molecule has 0 bridgehead atoms. The van der Waals surface area contributed by atoms with Gasteiger partial charge in [-0.3, -0.25) is 4.79 Å². The standard InChI is InChI=1S/C11H11F2N5O/c1-15-10-6(12)3-5(8(13)17-10)7-4-16-11(9(14)19)18(7)2/h3-4H,1-2H3,(H2,14,19)(H,15,17). The molecule has 0 spiro atoms. The lowest BCUT2D eigenvalue weighted by molar-refractivity contribution is 0.0987. The zero-order valence-electron chi connectivity index (χ0n) is 10.2. The van der Waals surface area contributed by atoms with Gasteiger partial charge in [0.25, 0.3) is 5.91 Å². The molecule has 0 aromatic carbocycles. The molecule has 0 atom stereocenters. The Morgan fingerprint density at radius 1 is 1.47 bits per heavy atom. The minimum Gasteiger partial charge on any atom is -0.371 e. The molecule has 2 heterocycles. The van der Waals surface area contributed by atoms with Crippen molar-refractivity contribution in [1.29, 1.82) is 0 Å². The second-order valence-electron chi connectivity index (χ2n) is 3.80. The number of nitrogens with one attached hydrogen (secondary N) is 1. The topological polar surface area (TPSA) is 85.8 Å². The lowest BCUT2D eigenvalue weighted by atomic mass is 10.2. The van der Waals surface area contributed by atoms with Gasteiger partial charge in [0.2, 0.25) is 5.95 Å². The summed E-state index contributed by atoms with van der Waals surface area (Å²) in [6.07, 6.45) is 1.23. The SMILES string of the molecule is CNc1nc(F)c(-c2cnc(C(N)=O)n2C)cc1F. The highest BCUT2D eigenvalue weighted by Gasteiger charge is 2.18. The van der Waals surface area contributed by atoms with Crippen LogP contribution < -0.4 is 11.1 Å². The number of anilines is 1. The van der Waals surface area contributed by atoms with E-state index < -0.39 is 17.7 Å². The Hall–Kier alpha value is -2.51. The van der Waals surface area contributed by atoms with Crippen molar-refractivity contribution in [2.45, 2.75) is 0 Å². The molecule has 0 radical (unpaired) electrons. The fourth-order valence-corrected chi connectivity index (χ4v) is 1.71. The molecule has 1 amide bonds. The molecule has 2 aromatic rings. The first-order chi connectivity index (χ1) is 8.95. The van der Waals surface area contributed by atoms with Gasteiger partial charge in [-0.25, -0.2) is 9.37 Å². The van der Waals surface area contributed by atoms with E-state index in [1.807, 2.05) is 0 Å². The maximum atomic E-state index is 13.8. The highest BCUT2D eigenvalue weighted by atomic mass is 19.1. The third kappa shape index (κ3) is 2.12. The van der Waals surface area contributed by atoms with Crippen LogP contribution in [0.2, 0.25) is 0 Å². The maximum absolute atomic E-state index is 13.8. The van der Waals surface area contributed by atoms with Gasteiger partial charge in [-0.2, -0.15) is 9.37 Å². The van der Waals surface area contributed by atoms with Crippen molar-refractivity contribution in [3.05, 3.63) is 29.9 Å². The first kappa shape index (κ1) is 12.9. The molecule has 2 aromatic heterocycles. The molecule has 0 aliphatic carbocycles. The van der Waals surface area contributed by atoms with E-state index >= 15 is 0 Å². The lowest BCUT2D eigenvalue weighted by Crippen LogP contribution is -2.17. The second kappa shape index (κ2) is 4.63. The number of amides is 1. The van der Waals surface area contributed by atoms with Gasteiger partial charge in [0.1, 0.15) is 0 Å². The Labute approximate surface area is 107 Å². The number of pyridine rings is 1. The van der Waals surface area contributed by atoms with Crippen molar-refractivity contribution in [3.8, 4) is 11.3 Å². The van der Waals surface area contributed by atoms with E-state index in [1.165, 1.54) is 24.9 Å². The summed E-state index contributed by atoms with van der Waals surface area (Å²) in [7, 11) is 2.91. The predicted molar refractivity (Wildman–Crippen MR) is 64.4 cm³/mol. The predicted octanol–water partition coefficient (Wildman–Crippen LogP) is 0.901. The first-order valence-corrected chi connectivity index (χ1v) is 5.31. The van der Waals surface area contributed by atoms with Crippen molar-refractivity contribution < 1.29 is 13.6 Å². The zero-order valence-corrected chi connectivity index (χ0v) is 10.2. The van der Waals surface area contributed by atoms with Crippen molar-refractivity contribution in [3.63, 3.8) is 0 Å². The molecule has 100 valence electrons. The quantitative estimate of drug-likeness (QED) is 0.809. The average molecular weight is 267 g/mol. The minimum atomic E-state index is -0.871. The molecule has 19 heavy (non-hydrogen) atoms. The zero-order chi connectivity index (χ0) is 14.2. The molecular formula is C11H11F2N5O. The van der Waals surface area contributed by atoms with E-state index in [0.717, 1.165) is 6.07 Å². The Balaban J connectivity index is 2.60. The van der Waals surface area contributed by atoms with E-state index in [4.69, 9.17) is 5.73 Å². The Kier molecular flexibility index (Phi) is 3.16. The number of hydrogen-bond acceptors (Lipinski definition) is 4. The highest BCUT2D eigenvalue weighted by Crippen LogP contribution is 2.25. The van der Waals surface area contributed by atoms with Gasteiger partial charge in [0.15, 0.2) is 17.5 Å². The lowest BCUT2D eigenvalue weighted by Gasteiger charge is -2.07. The van der Waals surface area contributed by atoms with Crippen molar-refractivity contribution >= 4 is 11.7 Å². The van der Waals surface area contributed by atoms with Crippen molar-refractivity contribution in [1.82, 2.24) is 14.5 Å². The monoisotopic (exact) mass is 267 g/mol. The van der Waals surface area contributed by atoms with Crippen molar-refractivity contribution in [2.24, 2.45) is 12.8 Å². The summed E-state index contributed by atoms with van der Waals surface area (Å²) in [4.78, 5) is 18.3. The van der Waals surface area contributed by atoms with Gasteiger partial charge in [0, 0.05) is 14.1 Å². The molecule has 0 fully saturated rings. The summed E-state index contributed by atoms with van der Waals surface area (Å²) < 4.78 is 28.7. The van der Waals surface area contributed by atoms with Crippen LogP contribution in [-0.4, -0.2) is 27.5 Å². The molecular weight excluding hydrogens is 256 g/mol. The fourth-order valence-electron chi connectivity index (χ4n) is 1.71. The van der Waals surface area contributed by atoms with Gasteiger partial charge >= 0.3 is 0 Å². The van der Waals surface area contributed by atoms with Gasteiger partial charge in [-0.15, -0.1) is 0 Å². The largest absolute Gasteiger partial charge is 0.371 e. The number of carbonyl (C=O) groups excluding carboxylic acids is 1. The summed E-state index contributed by atoms with van der Waals surface area (Å²) in [5.41, 5.74) is 5.21. The first-order valence-electron chi connectivity index (χ1n) is 5.31. The van der Waals surface area contributed by atoms with Gasteiger partial charge < -0.3 is 15.6 Å². The summed E-state index contributed by atoms with van der Waals surface area (Å²) in [6.45, 7) is 0. The van der Waals surface area contributed by atoms with Crippen LogP contribution in [-0.2, 0) is 7.05 Å². The second-order valence-corrected chi connectivity index (χ2v) is 3.80.